The zero-order valence-corrected chi connectivity index (χ0v) is 9.74. The van der Waals surface area contributed by atoms with E-state index in [1.807, 2.05) is 13.8 Å². The van der Waals surface area contributed by atoms with E-state index >= 15 is 0 Å². The summed E-state index contributed by atoms with van der Waals surface area (Å²) in [6.45, 7) is 5.74. The van der Waals surface area contributed by atoms with Crippen molar-refractivity contribution in [1.82, 2.24) is 5.32 Å². The van der Waals surface area contributed by atoms with Crippen molar-refractivity contribution >= 4 is 5.78 Å². The molecule has 4 nitrogen and oxygen atoms in total. The summed E-state index contributed by atoms with van der Waals surface area (Å²) in [4.78, 5) is 11.8. The van der Waals surface area contributed by atoms with E-state index < -0.39 is 0 Å². The highest BCUT2D eigenvalue weighted by molar-refractivity contribution is 5.99. The van der Waals surface area contributed by atoms with Crippen LogP contribution in [0.5, 0.6) is 11.5 Å². The average Bonchev–Trinajstić information content (AvgIpc) is 2.23. The quantitative estimate of drug-likeness (QED) is 0.535. The molecule has 0 fully saturated rings. The number of phenolic OH excluding ortho intramolecular Hbond substituents is 2. The first-order chi connectivity index (χ1) is 7.43. The van der Waals surface area contributed by atoms with Crippen LogP contribution in [0.25, 0.3) is 0 Å². The normalized spacial score (nSPS) is 10.8. The van der Waals surface area contributed by atoms with Gasteiger partial charge in [0.15, 0.2) is 17.3 Å². The van der Waals surface area contributed by atoms with E-state index in [1.54, 1.807) is 6.92 Å². The van der Waals surface area contributed by atoms with Crippen molar-refractivity contribution in [2.75, 3.05) is 6.54 Å². The molecule has 0 heterocycles. The van der Waals surface area contributed by atoms with E-state index in [-0.39, 0.29) is 29.9 Å². The number of Topliss-reactive ketones (excluding diaryl/α,β-unsaturated/α-hetero) is 1. The number of hydrogen-bond acceptors (Lipinski definition) is 4. The Morgan fingerprint density at radius 1 is 1.38 bits per heavy atom. The van der Waals surface area contributed by atoms with Gasteiger partial charge < -0.3 is 15.5 Å². The standard InChI is InChI=1S/C12H17NO3/c1-7(2)13-6-11(15)9-4-5-10(14)12(16)8(9)3/h4-5,7,13-14,16H,6H2,1-3H3. The summed E-state index contributed by atoms with van der Waals surface area (Å²) in [7, 11) is 0. The molecule has 0 saturated heterocycles. The van der Waals surface area contributed by atoms with E-state index in [9.17, 15) is 15.0 Å². The zero-order valence-electron chi connectivity index (χ0n) is 9.74. The fourth-order valence-electron chi connectivity index (χ4n) is 1.38. The number of phenols is 2. The van der Waals surface area contributed by atoms with Crippen molar-refractivity contribution < 1.29 is 15.0 Å². The second kappa shape index (κ2) is 4.99. The van der Waals surface area contributed by atoms with Gasteiger partial charge in [0.25, 0.3) is 0 Å². The highest BCUT2D eigenvalue weighted by atomic mass is 16.3. The van der Waals surface area contributed by atoms with Gasteiger partial charge in [-0.2, -0.15) is 0 Å². The maximum atomic E-state index is 11.8. The van der Waals surface area contributed by atoms with Crippen LogP contribution in [0.15, 0.2) is 12.1 Å². The van der Waals surface area contributed by atoms with E-state index in [1.165, 1.54) is 12.1 Å². The molecule has 0 aliphatic carbocycles. The molecule has 0 aliphatic rings. The van der Waals surface area contributed by atoms with Crippen LogP contribution in [0, 0.1) is 6.92 Å². The summed E-state index contributed by atoms with van der Waals surface area (Å²) in [5.41, 5.74) is 0.846. The topological polar surface area (TPSA) is 69.6 Å². The Morgan fingerprint density at radius 3 is 2.56 bits per heavy atom. The SMILES string of the molecule is Cc1c(C(=O)CNC(C)C)ccc(O)c1O. The second-order valence-corrected chi connectivity index (χ2v) is 4.06. The molecule has 0 bridgehead atoms. The molecule has 0 radical (unpaired) electrons. The monoisotopic (exact) mass is 223 g/mol. The molecule has 0 aliphatic heterocycles. The van der Waals surface area contributed by atoms with Crippen LogP contribution in [0.1, 0.15) is 29.8 Å². The van der Waals surface area contributed by atoms with Crippen LogP contribution < -0.4 is 5.32 Å². The molecule has 0 aromatic heterocycles. The number of rotatable bonds is 4. The first kappa shape index (κ1) is 12.5. The highest BCUT2D eigenvalue weighted by Crippen LogP contribution is 2.30. The van der Waals surface area contributed by atoms with E-state index in [4.69, 9.17) is 0 Å². The van der Waals surface area contributed by atoms with Gasteiger partial charge in [0.2, 0.25) is 0 Å². The molecule has 1 aromatic rings. The first-order valence-corrected chi connectivity index (χ1v) is 5.21. The van der Waals surface area contributed by atoms with Gasteiger partial charge in [-0.15, -0.1) is 0 Å². The first-order valence-electron chi connectivity index (χ1n) is 5.21. The van der Waals surface area contributed by atoms with Crippen LogP contribution in [-0.4, -0.2) is 28.6 Å². The molecule has 1 aromatic carbocycles. The lowest BCUT2D eigenvalue weighted by Crippen LogP contribution is -2.29. The number of carbonyl (C=O) groups is 1. The van der Waals surface area contributed by atoms with Crippen LogP contribution in [0.3, 0.4) is 0 Å². The Balaban J connectivity index is 2.88. The van der Waals surface area contributed by atoms with Gasteiger partial charge in [-0.05, 0) is 19.1 Å². The largest absolute Gasteiger partial charge is 0.504 e. The maximum Gasteiger partial charge on any atom is 0.177 e. The number of nitrogens with one attached hydrogen (secondary N) is 1. The van der Waals surface area contributed by atoms with Gasteiger partial charge in [-0.3, -0.25) is 4.79 Å². The van der Waals surface area contributed by atoms with Crippen LogP contribution in [0.2, 0.25) is 0 Å². The molecule has 0 saturated carbocycles. The molecule has 0 unspecified atom stereocenters. The van der Waals surface area contributed by atoms with Gasteiger partial charge in [-0.1, -0.05) is 13.8 Å². The van der Waals surface area contributed by atoms with Gasteiger partial charge in [0.1, 0.15) is 0 Å². The third-order valence-corrected chi connectivity index (χ3v) is 2.38. The average molecular weight is 223 g/mol. The molecular weight excluding hydrogens is 206 g/mol. The fraction of sp³-hybridized carbons (Fsp3) is 0.417. The van der Waals surface area contributed by atoms with E-state index in [0.29, 0.717) is 11.1 Å². The molecule has 88 valence electrons. The van der Waals surface area contributed by atoms with Crippen molar-refractivity contribution in [3.8, 4) is 11.5 Å². The lowest BCUT2D eigenvalue weighted by Gasteiger charge is -2.10. The van der Waals surface area contributed by atoms with Crippen LogP contribution >= 0.6 is 0 Å². The summed E-state index contributed by atoms with van der Waals surface area (Å²) < 4.78 is 0. The lowest BCUT2D eigenvalue weighted by molar-refractivity contribution is 0.0987. The Kier molecular flexibility index (Phi) is 3.90. The van der Waals surface area contributed by atoms with Crippen LogP contribution in [0.4, 0.5) is 0 Å². The summed E-state index contributed by atoms with van der Waals surface area (Å²) in [5.74, 6) is -0.525. The minimum absolute atomic E-state index is 0.0958. The molecular formula is C12H17NO3. The number of hydrogen-bond donors (Lipinski definition) is 3. The van der Waals surface area contributed by atoms with Crippen molar-refractivity contribution in [3.63, 3.8) is 0 Å². The smallest absolute Gasteiger partial charge is 0.177 e. The molecule has 3 N–H and O–H groups in total. The zero-order chi connectivity index (χ0) is 12.3. The Hall–Kier alpha value is -1.55. The van der Waals surface area contributed by atoms with E-state index in [2.05, 4.69) is 5.32 Å². The minimum atomic E-state index is -0.226. The molecule has 1 rings (SSSR count). The number of ketones is 1. The highest BCUT2D eigenvalue weighted by Gasteiger charge is 2.14. The summed E-state index contributed by atoms with van der Waals surface area (Å²) >= 11 is 0. The van der Waals surface area contributed by atoms with Gasteiger partial charge in [-0.25, -0.2) is 0 Å². The third-order valence-electron chi connectivity index (χ3n) is 2.38. The summed E-state index contributed by atoms with van der Waals surface area (Å²) in [6, 6.07) is 3.08. The Morgan fingerprint density at radius 2 is 2.00 bits per heavy atom. The van der Waals surface area contributed by atoms with Crippen molar-refractivity contribution in [3.05, 3.63) is 23.3 Å². The molecule has 0 atom stereocenters. The predicted octanol–water partition coefficient (Wildman–Crippen LogP) is 1.59. The second-order valence-electron chi connectivity index (χ2n) is 4.06. The van der Waals surface area contributed by atoms with Gasteiger partial charge in [0.05, 0.1) is 6.54 Å². The number of carbonyl (C=O) groups excluding carboxylic acids is 1. The van der Waals surface area contributed by atoms with Crippen molar-refractivity contribution in [1.29, 1.82) is 0 Å². The van der Waals surface area contributed by atoms with Crippen LogP contribution in [-0.2, 0) is 0 Å². The molecule has 0 spiro atoms. The maximum absolute atomic E-state index is 11.8. The third kappa shape index (κ3) is 2.73. The predicted molar refractivity (Wildman–Crippen MR) is 62.0 cm³/mol. The van der Waals surface area contributed by atoms with E-state index in [0.717, 1.165) is 0 Å². The number of benzene rings is 1. The van der Waals surface area contributed by atoms with Crippen molar-refractivity contribution in [2.24, 2.45) is 0 Å². The lowest BCUT2D eigenvalue weighted by atomic mass is 10.0. The van der Waals surface area contributed by atoms with Gasteiger partial charge in [0, 0.05) is 17.2 Å². The summed E-state index contributed by atoms with van der Waals surface area (Å²) in [5, 5.41) is 21.7. The fourth-order valence-corrected chi connectivity index (χ4v) is 1.38. The molecule has 0 amide bonds. The van der Waals surface area contributed by atoms with Crippen molar-refractivity contribution in [2.45, 2.75) is 26.8 Å². The number of aromatic hydroxyl groups is 2. The summed E-state index contributed by atoms with van der Waals surface area (Å²) in [6.07, 6.45) is 0. The van der Waals surface area contributed by atoms with Gasteiger partial charge >= 0.3 is 0 Å². The molecule has 16 heavy (non-hydrogen) atoms. The Bertz CT molecular complexity index is 399. The Labute approximate surface area is 94.9 Å². The molecule has 4 heteroatoms. The minimum Gasteiger partial charge on any atom is -0.504 e.